The lowest BCUT2D eigenvalue weighted by atomic mass is 9.88. The Morgan fingerprint density at radius 3 is 2.30 bits per heavy atom. The number of hydrogen-bond donors (Lipinski definition) is 2. The third kappa shape index (κ3) is 6.61. The van der Waals surface area contributed by atoms with Crippen LogP contribution in [0.1, 0.15) is 35.7 Å². The molecule has 1 heterocycles. The Labute approximate surface area is 241 Å². The van der Waals surface area contributed by atoms with Gasteiger partial charge in [0.1, 0.15) is 23.2 Å². The van der Waals surface area contributed by atoms with Crippen molar-refractivity contribution in [3.05, 3.63) is 93.5 Å². The number of nitrogens with one attached hydrogen (secondary N) is 2. The highest BCUT2D eigenvalue weighted by atomic mass is 35.5. The lowest BCUT2D eigenvalue weighted by Gasteiger charge is -2.38. The van der Waals surface area contributed by atoms with Crippen LogP contribution in [0.4, 0.5) is 8.78 Å². The van der Waals surface area contributed by atoms with E-state index in [1.54, 1.807) is 24.3 Å². The van der Waals surface area contributed by atoms with Gasteiger partial charge in [-0.3, -0.25) is 9.59 Å². The molecule has 3 aromatic rings. The van der Waals surface area contributed by atoms with Crippen molar-refractivity contribution >= 4 is 35.0 Å². The molecule has 0 radical (unpaired) electrons. The molecule has 40 heavy (non-hydrogen) atoms. The summed E-state index contributed by atoms with van der Waals surface area (Å²) in [6.45, 7) is 4.04. The Bertz CT molecular complexity index is 1430. The summed E-state index contributed by atoms with van der Waals surface area (Å²) in [5, 5.41) is 15.9. The Balaban J connectivity index is 1.60. The Morgan fingerprint density at radius 1 is 1.02 bits per heavy atom. The van der Waals surface area contributed by atoms with Crippen molar-refractivity contribution in [1.82, 2.24) is 15.5 Å². The van der Waals surface area contributed by atoms with E-state index >= 15 is 0 Å². The molecule has 208 valence electrons. The predicted octanol–water partition coefficient (Wildman–Crippen LogP) is 5.77. The van der Waals surface area contributed by atoms with Crippen LogP contribution in [0.5, 0.6) is 0 Å². The van der Waals surface area contributed by atoms with Crippen LogP contribution in [0, 0.1) is 23.0 Å². The van der Waals surface area contributed by atoms with Gasteiger partial charge in [-0.2, -0.15) is 5.26 Å². The Kier molecular flexibility index (Phi) is 9.41. The van der Waals surface area contributed by atoms with Gasteiger partial charge >= 0.3 is 0 Å². The zero-order valence-corrected chi connectivity index (χ0v) is 23.3. The minimum atomic E-state index is -1.38. The number of nitriles is 1. The first-order chi connectivity index (χ1) is 19.2. The molecule has 10 heteroatoms. The molecular weight excluding hydrogens is 557 g/mol. The average molecular weight is 585 g/mol. The molecule has 4 rings (SSSR count). The van der Waals surface area contributed by atoms with Crippen molar-refractivity contribution in [3.63, 3.8) is 0 Å². The fourth-order valence-electron chi connectivity index (χ4n) is 4.78. The van der Waals surface area contributed by atoms with Crippen molar-refractivity contribution in [2.24, 2.45) is 0 Å². The fourth-order valence-corrected chi connectivity index (χ4v) is 5.29. The normalized spacial score (nSPS) is 15.6. The zero-order valence-electron chi connectivity index (χ0n) is 21.8. The molecule has 2 N–H and O–H groups in total. The molecule has 0 bridgehead atoms. The van der Waals surface area contributed by atoms with Crippen LogP contribution < -0.4 is 10.6 Å². The van der Waals surface area contributed by atoms with E-state index in [1.807, 2.05) is 19.1 Å². The monoisotopic (exact) mass is 584 g/mol. The van der Waals surface area contributed by atoms with Gasteiger partial charge in [-0.15, -0.1) is 0 Å². The summed E-state index contributed by atoms with van der Waals surface area (Å²) in [5.74, 6) is -3.12. The molecule has 0 spiro atoms. The first-order valence-electron chi connectivity index (χ1n) is 12.9. The lowest BCUT2D eigenvalue weighted by molar-refractivity contribution is -0.124. The van der Waals surface area contributed by atoms with Crippen molar-refractivity contribution < 1.29 is 18.4 Å². The summed E-state index contributed by atoms with van der Waals surface area (Å²) in [6, 6.07) is 16.1. The van der Waals surface area contributed by atoms with E-state index < -0.39 is 41.5 Å². The minimum Gasteiger partial charge on any atom is -0.340 e. The number of carbonyl (C=O) groups is 2. The maximum Gasteiger partial charge on any atom is 0.253 e. The molecule has 1 saturated heterocycles. The van der Waals surface area contributed by atoms with E-state index in [2.05, 4.69) is 21.6 Å². The van der Waals surface area contributed by atoms with Crippen LogP contribution in [0.2, 0.25) is 10.0 Å². The molecule has 1 fully saturated rings. The second-order valence-corrected chi connectivity index (χ2v) is 10.5. The van der Waals surface area contributed by atoms with Gasteiger partial charge in [0.05, 0.1) is 16.7 Å². The maximum atomic E-state index is 14.5. The van der Waals surface area contributed by atoms with E-state index in [1.165, 1.54) is 12.1 Å². The van der Waals surface area contributed by atoms with Crippen LogP contribution in [0.3, 0.4) is 0 Å². The predicted molar refractivity (Wildman–Crippen MR) is 151 cm³/mol. The van der Waals surface area contributed by atoms with Gasteiger partial charge in [-0.1, -0.05) is 60.5 Å². The second kappa shape index (κ2) is 12.8. The standard InChI is InChI=1S/C30H28Cl2F2N4O2/c1-2-38-14-12-30(18-35,13-15-38)37-29(40)27(17-22-25(33)8-5-9-26(22)34)36-28(39)21-11-10-19(16-24(21)32)20-6-3-4-7-23(20)31/h3-11,16,27H,2,12-15,17H2,1H3,(H,36,39)(H,37,40)/t27-/m0/s1. The SMILES string of the molecule is CCN1CCC(C#N)(NC(=O)[C@H](Cc2c(F)cccc2F)NC(=O)c2ccc(-c3ccccc3Cl)cc2Cl)CC1. The largest absolute Gasteiger partial charge is 0.340 e. The van der Waals surface area contributed by atoms with Gasteiger partial charge in [0.2, 0.25) is 5.91 Å². The quantitative estimate of drug-likeness (QED) is 0.352. The second-order valence-electron chi connectivity index (χ2n) is 9.72. The van der Waals surface area contributed by atoms with Gasteiger partial charge in [0, 0.05) is 35.7 Å². The van der Waals surface area contributed by atoms with Crippen molar-refractivity contribution in [2.45, 2.75) is 37.8 Å². The molecule has 1 atom stereocenters. The van der Waals surface area contributed by atoms with Crippen LogP contribution in [-0.2, 0) is 11.2 Å². The average Bonchev–Trinajstić information content (AvgIpc) is 2.94. The Morgan fingerprint density at radius 2 is 1.70 bits per heavy atom. The molecule has 0 saturated carbocycles. The lowest BCUT2D eigenvalue weighted by Crippen LogP contribution is -2.59. The van der Waals surface area contributed by atoms with E-state index in [0.717, 1.165) is 24.2 Å². The number of nitrogens with zero attached hydrogens (tertiary/aromatic N) is 2. The first-order valence-corrected chi connectivity index (χ1v) is 13.7. The highest BCUT2D eigenvalue weighted by molar-refractivity contribution is 6.35. The fraction of sp³-hybridized carbons (Fsp3) is 0.300. The number of hydrogen-bond acceptors (Lipinski definition) is 4. The summed E-state index contributed by atoms with van der Waals surface area (Å²) in [6.07, 6.45) is 0.300. The van der Waals surface area contributed by atoms with Gasteiger partial charge in [0.25, 0.3) is 5.91 Å². The number of likely N-dealkylation sites (tertiary alicyclic amines) is 1. The zero-order chi connectivity index (χ0) is 28.9. The number of halogens is 4. The van der Waals surface area contributed by atoms with Gasteiger partial charge < -0.3 is 15.5 Å². The van der Waals surface area contributed by atoms with Gasteiger partial charge in [0.15, 0.2) is 0 Å². The molecular formula is C30H28Cl2F2N4O2. The van der Waals surface area contributed by atoms with E-state index in [9.17, 15) is 23.6 Å². The van der Waals surface area contributed by atoms with Gasteiger partial charge in [-0.05, 0) is 55.3 Å². The van der Waals surface area contributed by atoms with Crippen molar-refractivity contribution in [1.29, 1.82) is 5.26 Å². The van der Waals surface area contributed by atoms with E-state index in [4.69, 9.17) is 23.2 Å². The van der Waals surface area contributed by atoms with Crippen LogP contribution in [0.15, 0.2) is 60.7 Å². The van der Waals surface area contributed by atoms with Crippen molar-refractivity contribution in [2.75, 3.05) is 19.6 Å². The maximum absolute atomic E-state index is 14.5. The summed E-state index contributed by atoms with van der Waals surface area (Å²) < 4.78 is 29.1. The molecule has 6 nitrogen and oxygen atoms in total. The van der Waals surface area contributed by atoms with Crippen LogP contribution >= 0.6 is 23.2 Å². The summed E-state index contributed by atoms with van der Waals surface area (Å²) in [5.41, 5.74) is -0.0377. The summed E-state index contributed by atoms with van der Waals surface area (Å²) in [4.78, 5) is 29.0. The molecule has 0 unspecified atom stereocenters. The highest BCUT2D eigenvalue weighted by Gasteiger charge is 2.38. The molecule has 0 aliphatic carbocycles. The van der Waals surface area contributed by atoms with Crippen molar-refractivity contribution in [3.8, 4) is 17.2 Å². The molecule has 1 aliphatic rings. The van der Waals surface area contributed by atoms with Gasteiger partial charge in [-0.25, -0.2) is 8.78 Å². The van der Waals surface area contributed by atoms with E-state index in [0.29, 0.717) is 36.5 Å². The molecule has 1 aliphatic heterocycles. The first kappa shape index (κ1) is 29.5. The van der Waals surface area contributed by atoms with Crippen LogP contribution in [0.25, 0.3) is 11.1 Å². The summed E-state index contributed by atoms with van der Waals surface area (Å²) >= 11 is 12.7. The summed E-state index contributed by atoms with van der Waals surface area (Å²) in [7, 11) is 0. The molecule has 2 amide bonds. The number of rotatable bonds is 8. The third-order valence-electron chi connectivity index (χ3n) is 7.22. The number of amides is 2. The Hall–Kier alpha value is -3.51. The van der Waals surface area contributed by atoms with Crippen LogP contribution in [-0.4, -0.2) is 47.9 Å². The number of carbonyl (C=O) groups excluding carboxylic acids is 2. The number of benzene rings is 3. The minimum absolute atomic E-state index is 0.0653. The molecule has 0 aromatic heterocycles. The topological polar surface area (TPSA) is 85.2 Å². The highest BCUT2D eigenvalue weighted by Crippen LogP contribution is 2.31. The molecule has 3 aromatic carbocycles. The third-order valence-corrected chi connectivity index (χ3v) is 7.87. The van der Waals surface area contributed by atoms with E-state index in [-0.39, 0.29) is 16.1 Å². The smallest absolute Gasteiger partial charge is 0.253 e. The number of piperidine rings is 1.